The molecule has 1 saturated heterocycles. The van der Waals surface area contributed by atoms with Gasteiger partial charge < -0.3 is 10.2 Å². The van der Waals surface area contributed by atoms with Crippen molar-refractivity contribution in [3.8, 4) is 0 Å². The fourth-order valence-electron chi connectivity index (χ4n) is 2.93. The van der Waals surface area contributed by atoms with E-state index >= 15 is 0 Å². The first kappa shape index (κ1) is 18.0. The third kappa shape index (κ3) is 3.71. The molecule has 2 amide bonds. The van der Waals surface area contributed by atoms with Crippen LogP contribution in [-0.2, 0) is 15.8 Å². The molecule has 7 heteroatoms. The normalized spacial score (nSPS) is 17.5. The van der Waals surface area contributed by atoms with Crippen LogP contribution in [0.5, 0.6) is 0 Å². The molecule has 2 aromatic rings. The Kier molecular flexibility index (Phi) is 4.71. The standard InChI is InChI=1S/C19H17F3N2O2/c1-12-5-2-3-8-16(12)23-18(26)13-9-17(25)24(11-13)15-7-4-6-14(10-15)19(20,21)22/h2-8,10,13H,9,11H2,1H3,(H,23,26)/t13-/m1/s1. The Morgan fingerprint density at radius 1 is 1.15 bits per heavy atom. The smallest absolute Gasteiger partial charge is 0.326 e. The number of hydrogen-bond donors (Lipinski definition) is 1. The van der Waals surface area contributed by atoms with Crippen LogP contribution in [0.1, 0.15) is 17.5 Å². The third-order valence-electron chi connectivity index (χ3n) is 4.38. The SMILES string of the molecule is Cc1ccccc1NC(=O)[C@@H]1CC(=O)N(c2cccc(C(F)(F)F)c2)C1. The van der Waals surface area contributed by atoms with E-state index in [1.807, 2.05) is 19.1 Å². The molecule has 4 nitrogen and oxygen atoms in total. The second-order valence-corrected chi connectivity index (χ2v) is 6.26. The number of nitrogens with zero attached hydrogens (tertiary/aromatic N) is 1. The van der Waals surface area contributed by atoms with Gasteiger partial charge in [0.1, 0.15) is 0 Å². The molecular weight excluding hydrogens is 345 g/mol. The van der Waals surface area contributed by atoms with E-state index in [4.69, 9.17) is 0 Å². The summed E-state index contributed by atoms with van der Waals surface area (Å²) in [6, 6.07) is 11.8. The Morgan fingerprint density at radius 2 is 1.88 bits per heavy atom. The largest absolute Gasteiger partial charge is 0.416 e. The molecule has 1 N–H and O–H groups in total. The Balaban J connectivity index is 1.75. The van der Waals surface area contributed by atoms with E-state index < -0.39 is 17.7 Å². The van der Waals surface area contributed by atoms with Crippen LogP contribution in [0.3, 0.4) is 0 Å². The maximum Gasteiger partial charge on any atom is 0.416 e. The molecular formula is C19H17F3N2O2. The first-order valence-electron chi connectivity index (χ1n) is 8.10. The Labute approximate surface area is 148 Å². The minimum absolute atomic E-state index is 0.0338. The molecule has 136 valence electrons. The number of carbonyl (C=O) groups is 2. The molecule has 1 heterocycles. The number of hydrogen-bond acceptors (Lipinski definition) is 2. The highest BCUT2D eigenvalue weighted by molar-refractivity contribution is 6.03. The summed E-state index contributed by atoms with van der Waals surface area (Å²) < 4.78 is 38.6. The second-order valence-electron chi connectivity index (χ2n) is 6.26. The van der Waals surface area contributed by atoms with Crippen molar-refractivity contribution >= 4 is 23.2 Å². The number of benzene rings is 2. The summed E-state index contributed by atoms with van der Waals surface area (Å²) in [5, 5.41) is 2.78. The average Bonchev–Trinajstić information content (AvgIpc) is 2.98. The Hall–Kier alpha value is -2.83. The van der Waals surface area contributed by atoms with Crippen LogP contribution < -0.4 is 10.2 Å². The van der Waals surface area contributed by atoms with Gasteiger partial charge >= 0.3 is 6.18 Å². The predicted octanol–water partition coefficient (Wildman–Crippen LogP) is 4.01. The van der Waals surface area contributed by atoms with Gasteiger partial charge in [0.15, 0.2) is 0 Å². The molecule has 0 saturated carbocycles. The van der Waals surface area contributed by atoms with E-state index in [0.717, 1.165) is 17.7 Å². The van der Waals surface area contributed by atoms with Crippen molar-refractivity contribution in [3.63, 3.8) is 0 Å². The summed E-state index contributed by atoms with van der Waals surface area (Å²) >= 11 is 0. The molecule has 1 aliphatic heterocycles. The minimum Gasteiger partial charge on any atom is -0.326 e. The molecule has 0 bridgehead atoms. The van der Waals surface area contributed by atoms with Gasteiger partial charge in [-0.15, -0.1) is 0 Å². The highest BCUT2D eigenvalue weighted by atomic mass is 19.4. The van der Waals surface area contributed by atoms with Gasteiger partial charge in [0.05, 0.1) is 11.5 Å². The lowest BCUT2D eigenvalue weighted by atomic mass is 10.1. The minimum atomic E-state index is -4.49. The average molecular weight is 362 g/mol. The quantitative estimate of drug-likeness (QED) is 0.897. The number of alkyl halides is 3. The first-order valence-corrected chi connectivity index (χ1v) is 8.10. The number of carbonyl (C=O) groups excluding carboxylic acids is 2. The number of para-hydroxylation sites is 1. The van der Waals surface area contributed by atoms with Crippen LogP contribution >= 0.6 is 0 Å². The van der Waals surface area contributed by atoms with E-state index in [9.17, 15) is 22.8 Å². The van der Waals surface area contributed by atoms with Crippen molar-refractivity contribution in [3.05, 3.63) is 59.7 Å². The maximum absolute atomic E-state index is 12.9. The van der Waals surface area contributed by atoms with E-state index in [1.54, 1.807) is 12.1 Å². The lowest BCUT2D eigenvalue weighted by Gasteiger charge is -2.18. The van der Waals surface area contributed by atoms with Crippen molar-refractivity contribution in [2.75, 3.05) is 16.8 Å². The van der Waals surface area contributed by atoms with Gasteiger partial charge in [-0.3, -0.25) is 9.59 Å². The van der Waals surface area contributed by atoms with E-state index in [0.29, 0.717) is 5.69 Å². The zero-order valence-electron chi connectivity index (χ0n) is 14.0. The van der Waals surface area contributed by atoms with Crippen LogP contribution in [0, 0.1) is 12.8 Å². The Bertz CT molecular complexity index is 849. The molecule has 0 spiro atoms. The van der Waals surface area contributed by atoms with Gasteiger partial charge in [-0.2, -0.15) is 13.2 Å². The van der Waals surface area contributed by atoms with Gasteiger partial charge in [-0.25, -0.2) is 0 Å². The lowest BCUT2D eigenvalue weighted by Crippen LogP contribution is -2.28. The highest BCUT2D eigenvalue weighted by Crippen LogP contribution is 2.33. The van der Waals surface area contributed by atoms with Gasteiger partial charge in [-0.1, -0.05) is 24.3 Å². The molecule has 3 rings (SSSR count). The zero-order valence-corrected chi connectivity index (χ0v) is 14.0. The maximum atomic E-state index is 12.9. The number of anilines is 2. The molecule has 26 heavy (non-hydrogen) atoms. The number of halogens is 3. The van der Waals surface area contributed by atoms with E-state index in [1.165, 1.54) is 17.0 Å². The van der Waals surface area contributed by atoms with Crippen molar-refractivity contribution in [1.29, 1.82) is 0 Å². The molecule has 1 fully saturated rings. The van der Waals surface area contributed by atoms with Crippen LogP contribution in [0.25, 0.3) is 0 Å². The fourth-order valence-corrected chi connectivity index (χ4v) is 2.93. The number of amides is 2. The molecule has 0 aromatic heterocycles. The fraction of sp³-hybridized carbons (Fsp3) is 0.263. The monoisotopic (exact) mass is 362 g/mol. The van der Waals surface area contributed by atoms with Crippen LogP contribution in [0.4, 0.5) is 24.5 Å². The molecule has 0 aliphatic carbocycles. The molecule has 1 atom stereocenters. The lowest BCUT2D eigenvalue weighted by molar-refractivity contribution is -0.137. The second kappa shape index (κ2) is 6.82. The molecule has 0 unspecified atom stereocenters. The van der Waals surface area contributed by atoms with Gasteiger partial charge in [0.25, 0.3) is 0 Å². The zero-order chi connectivity index (χ0) is 18.9. The van der Waals surface area contributed by atoms with Crippen LogP contribution in [0.15, 0.2) is 48.5 Å². The number of aryl methyl sites for hydroxylation is 1. The third-order valence-corrected chi connectivity index (χ3v) is 4.38. The highest BCUT2D eigenvalue weighted by Gasteiger charge is 2.37. The van der Waals surface area contributed by atoms with Crippen molar-refractivity contribution < 1.29 is 22.8 Å². The Morgan fingerprint density at radius 3 is 2.58 bits per heavy atom. The topological polar surface area (TPSA) is 49.4 Å². The number of nitrogens with one attached hydrogen (secondary N) is 1. The summed E-state index contributed by atoms with van der Waals surface area (Å²) in [5.41, 5.74) is 0.869. The van der Waals surface area contributed by atoms with Crippen molar-refractivity contribution in [2.24, 2.45) is 5.92 Å². The van der Waals surface area contributed by atoms with Gasteiger partial charge in [-0.05, 0) is 36.8 Å². The van der Waals surface area contributed by atoms with E-state index in [2.05, 4.69) is 5.32 Å². The summed E-state index contributed by atoms with van der Waals surface area (Å²) in [6.45, 7) is 1.90. The molecule has 0 radical (unpaired) electrons. The van der Waals surface area contributed by atoms with Crippen molar-refractivity contribution in [2.45, 2.75) is 19.5 Å². The van der Waals surface area contributed by atoms with E-state index in [-0.39, 0.29) is 30.5 Å². The van der Waals surface area contributed by atoms with Crippen LogP contribution in [-0.4, -0.2) is 18.4 Å². The summed E-state index contributed by atoms with van der Waals surface area (Å²) in [5.74, 6) is -1.30. The number of rotatable bonds is 3. The molecule has 2 aromatic carbocycles. The van der Waals surface area contributed by atoms with Crippen LogP contribution in [0.2, 0.25) is 0 Å². The van der Waals surface area contributed by atoms with Gasteiger partial charge in [0.2, 0.25) is 11.8 Å². The summed E-state index contributed by atoms with van der Waals surface area (Å²) in [6.07, 6.45) is -4.52. The first-order chi connectivity index (χ1) is 12.3. The van der Waals surface area contributed by atoms with Crippen molar-refractivity contribution in [1.82, 2.24) is 0 Å². The summed E-state index contributed by atoms with van der Waals surface area (Å²) in [7, 11) is 0. The molecule has 1 aliphatic rings. The predicted molar refractivity (Wildman–Crippen MR) is 91.7 cm³/mol. The summed E-state index contributed by atoms with van der Waals surface area (Å²) in [4.78, 5) is 25.9. The van der Waals surface area contributed by atoms with Gasteiger partial charge in [0, 0.05) is 24.3 Å².